The van der Waals surface area contributed by atoms with E-state index in [-0.39, 0.29) is 30.9 Å². The number of benzene rings is 1. The van der Waals surface area contributed by atoms with Crippen molar-refractivity contribution in [2.24, 2.45) is 5.92 Å². The number of nitrogens with one attached hydrogen (secondary N) is 3. The van der Waals surface area contributed by atoms with Gasteiger partial charge in [-0.3, -0.25) is 14.5 Å². The lowest BCUT2D eigenvalue weighted by molar-refractivity contribution is -0.125. The number of hydrogen-bond donors (Lipinski definition) is 3. The average Bonchev–Trinajstić information content (AvgIpc) is 2.95. The Morgan fingerprint density at radius 2 is 2.20 bits per heavy atom. The maximum atomic E-state index is 12.3. The highest BCUT2D eigenvalue weighted by Gasteiger charge is 2.28. The van der Waals surface area contributed by atoms with Crippen LogP contribution in [0.4, 0.5) is 4.79 Å². The Morgan fingerprint density at radius 1 is 1.32 bits per heavy atom. The zero-order chi connectivity index (χ0) is 17.6. The minimum absolute atomic E-state index is 0.0367. The molecule has 3 N–H and O–H groups in total. The van der Waals surface area contributed by atoms with Gasteiger partial charge < -0.3 is 16.0 Å². The van der Waals surface area contributed by atoms with E-state index in [1.807, 2.05) is 6.07 Å². The summed E-state index contributed by atoms with van der Waals surface area (Å²) in [6.07, 6.45) is 3.38. The van der Waals surface area contributed by atoms with Crippen LogP contribution in [-0.2, 0) is 11.3 Å². The summed E-state index contributed by atoms with van der Waals surface area (Å²) in [5.74, 6) is 0.254. The zero-order valence-corrected chi connectivity index (χ0v) is 14.2. The second kappa shape index (κ2) is 8.11. The topological polar surface area (TPSA) is 90.5 Å². The van der Waals surface area contributed by atoms with E-state index >= 15 is 0 Å². The first-order valence-corrected chi connectivity index (χ1v) is 8.79. The van der Waals surface area contributed by atoms with E-state index in [0.717, 1.165) is 30.0 Å². The predicted molar refractivity (Wildman–Crippen MR) is 92.9 cm³/mol. The summed E-state index contributed by atoms with van der Waals surface area (Å²) in [5, 5.41) is 8.82. The molecule has 4 amide bonds. The van der Waals surface area contributed by atoms with E-state index in [1.54, 1.807) is 18.2 Å². The van der Waals surface area contributed by atoms with E-state index in [0.29, 0.717) is 18.0 Å². The highest BCUT2D eigenvalue weighted by Crippen LogP contribution is 2.14. The molecule has 7 nitrogen and oxygen atoms in total. The van der Waals surface area contributed by atoms with Gasteiger partial charge in [-0.2, -0.15) is 0 Å². The Hall–Kier alpha value is -2.41. The SMILES string of the molecule is O=C(NCCC1CCCNC1)c1cccc(CN2C(=O)CNC2=O)c1. The monoisotopic (exact) mass is 344 g/mol. The van der Waals surface area contributed by atoms with Crippen LogP contribution in [0.1, 0.15) is 35.2 Å². The highest BCUT2D eigenvalue weighted by molar-refractivity contribution is 6.02. The van der Waals surface area contributed by atoms with E-state index in [4.69, 9.17) is 0 Å². The Bertz CT molecular complexity index is 639. The fourth-order valence-electron chi connectivity index (χ4n) is 3.27. The van der Waals surface area contributed by atoms with Crippen LogP contribution < -0.4 is 16.0 Å². The second-order valence-electron chi connectivity index (χ2n) is 6.60. The van der Waals surface area contributed by atoms with Crippen LogP contribution in [0.25, 0.3) is 0 Å². The first-order chi connectivity index (χ1) is 12.1. The molecule has 0 radical (unpaired) electrons. The van der Waals surface area contributed by atoms with Crippen molar-refractivity contribution in [2.45, 2.75) is 25.8 Å². The first kappa shape index (κ1) is 17.4. The fourth-order valence-corrected chi connectivity index (χ4v) is 3.27. The molecule has 2 saturated heterocycles. The average molecular weight is 344 g/mol. The lowest BCUT2D eigenvalue weighted by Gasteiger charge is -2.22. The molecular weight excluding hydrogens is 320 g/mol. The standard InChI is InChI=1S/C18H24N4O3/c23-16-11-21-18(25)22(16)12-14-3-1-5-15(9-14)17(24)20-8-6-13-4-2-7-19-10-13/h1,3,5,9,13,19H,2,4,6-8,10-12H2,(H,20,24)(H,21,25). The summed E-state index contributed by atoms with van der Waals surface area (Å²) in [7, 11) is 0. The minimum atomic E-state index is -0.388. The van der Waals surface area contributed by atoms with Gasteiger partial charge in [0.25, 0.3) is 5.91 Å². The molecule has 0 aliphatic carbocycles. The number of carbonyl (C=O) groups is 3. The van der Waals surface area contributed by atoms with Gasteiger partial charge in [-0.25, -0.2) is 4.79 Å². The van der Waals surface area contributed by atoms with Crippen LogP contribution in [0.2, 0.25) is 0 Å². The van der Waals surface area contributed by atoms with Crippen molar-refractivity contribution in [3.05, 3.63) is 35.4 Å². The van der Waals surface area contributed by atoms with Crippen LogP contribution in [0.5, 0.6) is 0 Å². The number of amides is 4. The molecule has 0 aromatic heterocycles. The Balaban J connectivity index is 1.52. The summed E-state index contributed by atoms with van der Waals surface area (Å²) in [4.78, 5) is 36.7. The Labute approximate surface area is 147 Å². The predicted octanol–water partition coefficient (Wildman–Crippen LogP) is 0.858. The molecule has 2 fully saturated rings. The van der Waals surface area contributed by atoms with Crippen molar-refractivity contribution in [3.63, 3.8) is 0 Å². The number of hydrogen-bond acceptors (Lipinski definition) is 4. The molecule has 2 aliphatic rings. The van der Waals surface area contributed by atoms with Gasteiger partial charge in [0.05, 0.1) is 13.1 Å². The molecule has 0 spiro atoms. The molecular formula is C18H24N4O3. The number of imide groups is 1. The van der Waals surface area contributed by atoms with E-state index < -0.39 is 0 Å². The van der Waals surface area contributed by atoms with Gasteiger partial charge >= 0.3 is 6.03 Å². The smallest absolute Gasteiger partial charge is 0.324 e. The molecule has 1 atom stereocenters. The third-order valence-corrected chi connectivity index (χ3v) is 4.70. The van der Waals surface area contributed by atoms with Gasteiger partial charge in [-0.15, -0.1) is 0 Å². The van der Waals surface area contributed by atoms with Crippen LogP contribution in [0.3, 0.4) is 0 Å². The Morgan fingerprint density at radius 3 is 2.92 bits per heavy atom. The van der Waals surface area contributed by atoms with Crippen molar-refractivity contribution in [1.82, 2.24) is 20.9 Å². The van der Waals surface area contributed by atoms with Crippen molar-refractivity contribution in [2.75, 3.05) is 26.2 Å². The number of rotatable bonds is 6. The summed E-state index contributed by atoms with van der Waals surface area (Å²) < 4.78 is 0. The summed E-state index contributed by atoms with van der Waals surface area (Å²) in [6, 6.07) is 6.67. The van der Waals surface area contributed by atoms with Crippen molar-refractivity contribution >= 4 is 17.8 Å². The maximum absolute atomic E-state index is 12.3. The van der Waals surface area contributed by atoms with Crippen molar-refractivity contribution in [3.8, 4) is 0 Å². The highest BCUT2D eigenvalue weighted by atomic mass is 16.2. The van der Waals surface area contributed by atoms with E-state index in [1.165, 1.54) is 12.8 Å². The molecule has 7 heteroatoms. The number of urea groups is 1. The largest absolute Gasteiger partial charge is 0.352 e. The maximum Gasteiger partial charge on any atom is 0.324 e. The molecule has 25 heavy (non-hydrogen) atoms. The van der Waals surface area contributed by atoms with E-state index in [9.17, 15) is 14.4 Å². The molecule has 1 aromatic rings. The first-order valence-electron chi connectivity index (χ1n) is 8.79. The van der Waals surface area contributed by atoms with Crippen LogP contribution in [-0.4, -0.2) is 48.9 Å². The third kappa shape index (κ3) is 4.57. The lowest BCUT2D eigenvalue weighted by Crippen LogP contribution is -2.33. The minimum Gasteiger partial charge on any atom is -0.352 e. The lowest BCUT2D eigenvalue weighted by atomic mass is 9.96. The van der Waals surface area contributed by atoms with Crippen LogP contribution in [0, 0.1) is 5.92 Å². The molecule has 0 saturated carbocycles. The number of carbonyl (C=O) groups excluding carboxylic acids is 3. The van der Waals surface area contributed by atoms with E-state index in [2.05, 4.69) is 16.0 Å². The molecule has 134 valence electrons. The summed E-state index contributed by atoms with van der Waals surface area (Å²) >= 11 is 0. The van der Waals surface area contributed by atoms with Gasteiger partial charge in [0.2, 0.25) is 5.91 Å². The van der Waals surface area contributed by atoms with Gasteiger partial charge in [-0.05, 0) is 56.0 Å². The third-order valence-electron chi connectivity index (χ3n) is 4.70. The van der Waals surface area contributed by atoms with Gasteiger partial charge in [0.1, 0.15) is 0 Å². The quantitative estimate of drug-likeness (QED) is 0.668. The van der Waals surface area contributed by atoms with Crippen LogP contribution >= 0.6 is 0 Å². The number of piperidine rings is 1. The second-order valence-corrected chi connectivity index (χ2v) is 6.60. The normalized spacial score (nSPS) is 20.5. The fraction of sp³-hybridized carbons (Fsp3) is 0.500. The van der Waals surface area contributed by atoms with Crippen molar-refractivity contribution < 1.29 is 14.4 Å². The van der Waals surface area contributed by atoms with Gasteiger partial charge in [-0.1, -0.05) is 12.1 Å². The molecule has 1 unspecified atom stereocenters. The summed E-state index contributed by atoms with van der Waals surface area (Å²) in [6.45, 7) is 2.99. The molecule has 2 aliphatic heterocycles. The Kier molecular flexibility index (Phi) is 5.65. The zero-order valence-electron chi connectivity index (χ0n) is 14.2. The van der Waals surface area contributed by atoms with Crippen molar-refractivity contribution in [1.29, 1.82) is 0 Å². The summed E-state index contributed by atoms with van der Waals surface area (Å²) in [5.41, 5.74) is 1.31. The molecule has 0 bridgehead atoms. The molecule has 2 heterocycles. The number of nitrogens with zero attached hydrogens (tertiary/aromatic N) is 1. The molecule has 3 rings (SSSR count). The van der Waals surface area contributed by atoms with Gasteiger partial charge in [0.15, 0.2) is 0 Å². The van der Waals surface area contributed by atoms with Gasteiger partial charge in [0, 0.05) is 12.1 Å². The van der Waals surface area contributed by atoms with Crippen LogP contribution in [0.15, 0.2) is 24.3 Å². The molecule has 1 aromatic carbocycles.